The van der Waals surface area contributed by atoms with Crippen molar-refractivity contribution < 1.29 is 32.9 Å². The van der Waals surface area contributed by atoms with E-state index in [9.17, 15) is 18.7 Å². The van der Waals surface area contributed by atoms with Gasteiger partial charge in [0.05, 0.1) is 30.7 Å². The van der Waals surface area contributed by atoms with Crippen LogP contribution in [-0.2, 0) is 11.3 Å². The van der Waals surface area contributed by atoms with Gasteiger partial charge in [0.1, 0.15) is 0 Å². The third-order valence-corrected chi connectivity index (χ3v) is 8.13. The smallest absolute Gasteiger partial charge is 0.337 e. The van der Waals surface area contributed by atoms with Gasteiger partial charge in [-0.25, -0.2) is 9.59 Å². The Labute approximate surface area is 216 Å². The Kier molecular flexibility index (Phi) is 6.96. The Morgan fingerprint density at radius 2 is 1.65 bits per heavy atom. The zero-order valence-electron chi connectivity index (χ0n) is 20.3. The molecule has 5 rings (SSSR count). The molecule has 0 aromatic heterocycles. The van der Waals surface area contributed by atoms with Gasteiger partial charge in [0.25, 0.3) is 0 Å². The Morgan fingerprint density at radius 3 is 2.38 bits per heavy atom. The number of fused-ring (bicyclic) bond motifs is 1. The second-order valence-corrected chi connectivity index (χ2v) is 11.3. The zero-order valence-corrected chi connectivity index (χ0v) is 21.1. The molecule has 2 heterocycles. The van der Waals surface area contributed by atoms with Gasteiger partial charge >= 0.3 is 12.0 Å². The number of methoxy groups -OCH3 is 1. The Bertz CT molecular complexity index is 1300. The molecular weight excluding hydrogens is 496 g/mol. The minimum Gasteiger partial charge on any atom is -0.465 e. The highest BCUT2D eigenvalue weighted by molar-refractivity contribution is 8.24. The first-order valence-electron chi connectivity index (χ1n) is 11.8. The SMILES string of the molecule is COC(=O)c1ccc(CN(C(=O)N2CCS(O)(O)CC2)c2cccc(-c3ccc4c(c3)OCO4)c2)cc1. The molecule has 2 aliphatic rings. The lowest BCUT2D eigenvalue weighted by Gasteiger charge is -2.42. The summed E-state index contributed by atoms with van der Waals surface area (Å²) < 4.78 is 35.7. The van der Waals surface area contributed by atoms with Crippen LogP contribution in [-0.4, -0.2) is 64.5 Å². The van der Waals surface area contributed by atoms with E-state index in [4.69, 9.17) is 14.2 Å². The number of ether oxygens (including phenoxy) is 3. The predicted molar refractivity (Wildman–Crippen MR) is 142 cm³/mol. The summed E-state index contributed by atoms with van der Waals surface area (Å²) in [6, 6.07) is 20.1. The maximum Gasteiger partial charge on any atom is 0.337 e. The van der Waals surface area contributed by atoms with Crippen LogP contribution in [0.2, 0.25) is 0 Å². The molecule has 1 fully saturated rings. The van der Waals surface area contributed by atoms with Crippen molar-refractivity contribution in [3.8, 4) is 22.6 Å². The second-order valence-electron chi connectivity index (χ2n) is 8.87. The van der Waals surface area contributed by atoms with E-state index >= 15 is 0 Å². The van der Waals surface area contributed by atoms with Gasteiger partial charge in [-0.2, -0.15) is 10.6 Å². The van der Waals surface area contributed by atoms with Crippen molar-refractivity contribution in [2.45, 2.75) is 6.54 Å². The summed E-state index contributed by atoms with van der Waals surface area (Å²) in [5.41, 5.74) is 3.77. The molecule has 0 bridgehead atoms. The third-order valence-electron chi connectivity index (χ3n) is 6.46. The van der Waals surface area contributed by atoms with Crippen molar-refractivity contribution in [3.05, 3.63) is 77.9 Å². The average Bonchev–Trinajstić information content (AvgIpc) is 3.39. The standard InChI is InChI=1S/C27H28N2O7S/c1-34-26(30)20-7-5-19(6-8-20)17-29(27(31)28-11-13-37(32,33)14-12-28)23-4-2-3-21(15-23)22-9-10-24-25(16-22)36-18-35-24/h2-10,15-16,32-33H,11-14,17-18H2,1H3. The van der Waals surface area contributed by atoms with E-state index in [1.807, 2.05) is 42.5 Å². The number of hydrogen-bond donors (Lipinski definition) is 2. The summed E-state index contributed by atoms with van der Waals surface area (Å²) in [6.45, 7) is 0.982. The number of hydrogen-bond acceptors (Lipinski definition) is 7. The van der Waals surface area contributed by atoms with Crippen LogP contribution in [0.1, 0.15) is 15.9 Å². The monoisotopic (exact) mass is 524 g/mol. The number of amides is 2. The summed E-state index contributed by atoms with van der Waals surface area (Å²) >= 11 is 0. The number of benzene rings is 3. The van der Waals surface area contributed by atoms with Crippen molar-refractivity contribution in [2.75, 3.05) is 43.4 Å². The molecule has 0 spiro atoms. The van der Waals surface area contributed by atoms with Crippen LogP contribution in [0.4, 0.5) is 10.5 Å². The van der Waals surface area contributed by atoms with Gasteiger partial charge in [-0.15, -0.1) is 0 Å². The number of urea groups is 1. The van der Waals surface area contributed by atoms with Crippen LogP contribution in [0, 0.1) is 0 Å². The number of anilines is 1. The maximum atomic E-state index is 13.7. The van der Waals surface area contributed by atoms with Crippen LogP contribution in [0.5, 0.6) is 11.5 Å². The van der Waals surface area contributed by atoms with Crippen LogP contribution in [0.3, 0.4) is 0 Å². The largest absolute Gasteiger partial charge is 0.465 e. The molecule has 10 heteroatoms. The van der Waals surface area contributed by atoms with E-state index in [0.29, 0.717) is 22.7 Å². The molecule has 194 valence electrons. The number of carbonyl (C=O) groups is 2. The lowest BCUT2D eigenvalue weighted by molar-refractivity contribution is 0.0600. The van der Waals surface area contributed by atoms with Gasteiger partial charge in [0.2, 0.25) is 6.79 Å². The van der Waals surface area contributed by atoms with E-state index in [0.717, 1.165) is 16.7 Å². The first kappa shape index (κ1) is 24.9. The van der Waals surface area contributed by atoms with Crippen LogP contribution in [0.15, 0.2) is 66.7 Å². The fourth-order valence-corrected chi connectivity index (χ4v) is 5.56. The van der Waals surface area contributed by atoms with Crippen LogP contribution >= 0.6 is 10.6 Å². The van der Waals surface area contributed by atoms with Gasteiger partial charge < -0.3 is 19.1 Å². The molecule has 2 amide bonds. The van der Waals surface area contributed by atoms with Gasteiger partial charge in [0.15, 0.2) is 11.5 Å². The molecule has 0 atom stereocenters. The van der Waals surface area contributed by atoms with Gasteiger partial charge in [0, 0.05) is 18.8 Å². The summed E-state index contributed by atoms with van der Waals surface area (Å²) in [4.78, 5) is 28.9. The van der Waals surface area contributed by atoms with Gasteiger partial charge in [-0.1, -0.05) is 30.3 Å². The lowest BCUT2D eigenvalue weighted by Crippen LogP contribution is -2.48. The van der Waals surface area contributed by atoms with E-state index in [1.54, 1.807) is 34.1 Å². The van der Waals surface area contributed by atoms with Crippen molar-refractivity contribution in [3.63, 3.8) is 0 Å². The van der Waals surface area contributed by atoms with Gasteiger partial charge in [-0.3, -0.25) is 14.0 Å². The highest BCUT2D eigenvalue weighted by Gasteiger charge is 2.29. The molecular formula is C27H28N2O7S. The first-order valence-corrected chi connectivity index (χ1v) is 13.7. The number of rotatable bonds is 5. The molecule has 9 nitrogen and oxygen atoms in total. The normalized spacial score (nSPS) is 16.7. The molecule has 0 unspecified atom stereocenters. The van der Waals surface area contributed by atoms with Crippen molar-refractivity contribution >= 4 is 28.3 Å². The molecule has 2 aliphatic heterocycles. The maximum absolute atomic E-state index is 13.7. The van der Waals surface area contributed by atoms with E-state index < -0.39 is 16.6 Å². The highest BCUT2D eigenvalue weighted by atomic mass is 32.3. The van der Waals surface area contributed by atoms with Crippen LogP contribution in [0.25, 0.3) is 11.1 Å². The zero-order chi connectivity index (χ0) is 26.0. The fraction of sp³-hybridized carbons (Fsp3) is 0.259. The molecule has 1 saturated heterocycles. The topological polar surface area (TPSA) is 109 Å². The number of carbonyl (C=O) groups excluding carboxylic acids is 2. The summed E-state index contributed by atoms with van der Waals surface area (Å²) in [6.07, 6.45) is 0. The van der Waals surface area contributed by atoms with E-state index in [1.165, 1.54) is 7.11 Å². The fourth-order valence-electron chi connectivity index (χ4n) is 4.33. The predicted octanol–water partition coefficient (Wildman–Crippen LogP) is 5.06. The summed E-state index contributed by atoms with van der Waals surface area (Å²) in [5, 5.41) is 0. The molecule has 0 aliphatic carbocycles. The minimum absolute atomic E-state index is 0.164. The third kappa shape index (κ3) is 5.51. The minimum atomic E-state index is -2.64. The first-order chi connectivity index (χ1) is 17.8. The van der Waals surface area contributed by atoms with E-state index in [2.05, 4.69) is 0 Å². The molecule has 2 N–H and O–H groups in total. The van der Waals surface area contributed by atoms with Crippen molar-refractivity contribution in [1.29, 1.82) is 0 Å². The van der Waals surface area contributed by atoms with Crippen molar-refractivity contribution in [2.24, 2.45) is 0 Å². The summed E-state index contributed by atoms with van der Waals surface area (Å²) in [7, 11) is -1.31. The molecule has 0 saturated carbocycles. The molecule has 3 aromatic carbocycles. The Morgan fingerprint density at radius 1 is 0.946 bits per heavy atom. The van der Waals surface area contributed by atoms with Crippen molar-refractivity contribution in [1.82, 2.24) is 4.90 Å². The Hall–Kier alpha value is -3.73. The molecule has 37 heavy (non-hydrogen) atoms. The quantitative estimate of drug-likeness (QED) is 0.449. The number of nitrogens with zero attached hydrogens (tertiary/aromatic N) is 2. The molecule has 3 aromatic rings. The number of esters is 1. The average molecular weight is 525 g/mol. The van der Waals surface area contributed by atoms with Gasteiger partial charge in [-0.05, 0) is 53.1 Å². The molecule has 0 radical (unpaired) electrons. The summed E-state index contributed by atoms with van der Waals surface area (Å²) in [5.74, 6) is 1.27. The van der Waals surface area contributed by atoms with Crippen LogP contribution < -0.4 is 14.4 Å². The lowest BCUT2D eigenvalue weighted by atomic mass is 10.0. The highest BCUT2D eigenvalue weighted by Crippen LogP contribution is 2.41. The Balaban J connectivity index is 1.45. The second kappa shape index (κ2) is 10.3. The van der Waals surface area contributed by atoms with E-state index in [-0.39, 0.29) is 44.0 Å².